The number of halogens is 2. The van der Waals surface area contributed by atoms with E-state index in [2.05, 4.69) is 5.32 Å². The maximum atomic E-state index is 14.4. The first kappa shape index (κ1) is 22.7. The van der Waals surface area contributed by atoms with E-state index in [1.807, 2.05) is 30.3 Å². The Morgan fingerprint density at radius 2 is 1.82 bits per heavy atom. The molecule has 174 valence electrons. The standard InChI is InChI=1S/C23H25F2N5O3/c1-15(18-9-8-17(24)10-19(18)25)28-12-20-29(14-22(28)32)21(31)13-27(2)30(20)23(33)26-11-16-6-4-3-5-7-16/h3-10,15,20H,11-14H2,1-2H3,(H,26,33)/t15-,20?/m1/s1. The van der Waals surface area contributed by atoms with Gasteiger partial charge >= 0.3 is 6.03 Å². The van der Waals surface area contributed by atoms with E-state index >= 15 is 0 Å². The molecule has 33 heavy (non-hydrogen) atoms. The largest absolute Gasteiger partial charge is 0.334 e. The Kier molecular flexibility index (Phi) is 6.28. The number of carbonyl (C=O) groups is 3. The van der Waals surface area contributed by atoms with Crippen molar-refractivity contribution in [1.29, 1.82) is 0 Å². The molecule has 0 spiro atoms. The Hall–Kier alpha value is -3.53. The number of amides is 4. The van der Waals surface area contributed by atoms with Crippen LogP contribution < -0.4 is 5.32 Å². The summed E-state index contributed by atoms with van der Waals surface area (Å²) in [6.07, 6.45) is -0.754. The summed E-state index contributed by atoms with van der Waals surface area (Å²) in [5.41, 5.74) is 1.08. The molecule has 2 atom stereocenters. The summed E-state index contributed by atoms with van der Waals surface area (Å²) < 4.78 is 27.7. The van der Waals surface area contributed by atoms with E-state index < -0.39 is 29.9 Å². The van der Waals surface area contributed by atoms with Crippen LogP contribution in [0, 0.1) is 11.6 Å². The first-order valence-electron chi connectivity index (χ1n) is 10.6. The summed E-state index contributed by atoms with van der Waals surface area (Å²) >= 11 is 0. The molecule has 4 amide bonds. The van der Waals surface area contributed by atoms with E-state index in [1.54, 1.807) is 14.0 Å². The molecule has 2 aliphatic rings. The molecule has 4 rings (SSSR count). The van der Waals surface area contributed by atoms with E-state index in [1.165, 1.54) is 25.9 Å². The monoisotopic (exact) mass is 457 g/mol. The molecule has 2 aliphatic heterocycles. The molecule has 2 fully saturated rings. The van der Waals surface area contributed by atoms with Crippen LogP contribution in [0.25, 0.3) is 0 Å². The number of nitrogens with one attached hydrogen (secondary N) is 1. The van der Waals surface area contributed by atoms with Crippen LogP contribution in [0.15, 0.2) is 48.5 Å². The van der Waals surface area contributed by atoms with Crippen LogP contribution in [0.5, 0.6) is 0 Å². The Morgan fingerprint density at radius 1 is 1.09 bits per heavy atom. The number of rotatable bonds is 4. The van der Waals surface area contributed by atoms with Gasteiger partial charge in [0.1, 0.15) is 24.3 Å². The first-order chi connectivity index (χ1) is 15.8. The molecular weight excluding hydrogens is 432 g/mol. The van der Waals surface area contributed by atoms with Gasteiger partial charge in [-0.3, -0.25) is 9.59 Å². The Balaban J connectivity index is 1.56. The van der Waals surface area contributed by atoms with Crippen molar-refractivity contribution in [2.45, 2.75) is 25.7 Å². The number of urea groups is 1. The summed E-state index contributed by atoms with van der Waals surface area (Å²) in [6, 6.07) is 11.5. The van der Waals surface area contributed by atoms with Crippen molar-refractivity contribution < 1.29 is 23.2 Å². The number of likely N-dealkylation sites (N-methyl/N-ethyl adjacent to an activating group) is 1. The van der Waals surface area contributed by atoms with E-state index in [0.717, 1.165) is 17.7 Å². The molecule has 0 aromatic heterocycles. The topological polar surface area (TPSA) is 76.2 Å². The third-order valence-corrected chi connectivity index (χ3v) is 6.06. The minimum Gasteiger partial charge on any atom is -0.333 e. The molecule has 2 saturated heterocycles. The van der Waals surface area contributed by atoms with Crippen molar-refractivity contribution in [3.05, 3.63) is 71.3 Å². The average molecular weight is 457 g/mol. The molecule has 0 bridgehead atoms. The van der Waals surface area contributed by atoms with Crippen LogP contribution in [-0.2, 0) is 16.1 Å². The third kappa shape index (κ3) is 4.51. The van der Waals surface area contributed by atoms with Crippen LogP contribution in [0.3, 0.4) is 0 Å². The second-order valence-electron chi connectivity index (χ2n) is 8.19. The van der Waals surface area contributed by atoms with E-state index in [-0.39, 0.29) is 37.0 Å². The van der Waals surface area contributed by atoms with E-state index in [0.29, 0.717) is 6.54 Å². The Bertz CT molecular complexity index is 1070. The lowest BCUT2D eigenvalue weighted by Gasteiger charge is -2.52. The molecule has 2 aromatic carbocycles. The van der Waals surface area contributed by atoms with Crippen molar-refractivity contribution in [2.75, 3.05) is 26.7 Å². The quantitative estimate of drug-likeness (QED) is 0.763. The van der Waals surface area contributed by atoms with E-state index in [4.69, 9.17) is 0 Å². The Labute approximate surface area is 190 Å². The third-order valence-electron chi connectivity index (χ3n) is 6.06. The van der Waals surface area contributed by atoms with Crippen molar-refractivity contribution in [1.82, 2.24) is 25.1 Å². The van der Waals surface area contributed by atoms with E-state index in [9.17, 15) is 23.2 Å². The number of hydrogen-bond acceptors (Lipinski definition) is 4. The van der Waals surface area contributed by atoms with Gasteiger partial charge in [-0.05, 0) is 18.6 Å². The van der Waals surface area contributed by atoms with Crippen molar-refractivity contribution in [3.63, 3.8) is 0 Å². The summed E-state index contributed by atoms with van der Waals surface area (Å²) in [5.74, 6) is -2.11. The van der Waals surface area contributed by atoms with Gasteiger partial charge in [-0.15, -0.1) is 0 Å². The average Bonchev–Trinajstić information content (AvgIpc) is 2.78. The molecule has 1 unspecified atom stereocenters. The SMILES string of the molecule is C[C@H](c1ccc(F)cc1F)N1CC2N(CC1=O)C(=O)CN(C)N2C(=O)NCc1ccccc1. The highest BCUT2D eigenvalue weighted by molar-refractivity contribution is 5.89. The summed E-state index contributed by atoms with van der Waals surface area (Å²) in [4.78, 5) is 41.4. The van der Waals surface area contributed by atoms with Crippen LogP contribution in [0.4, 0.5) is 13.6 Å². The predicted molar refractivity (Wildman–Crippen MR) is 115 cm³/mol. The molecule has 0 aliphatic carbocycles. The van der Waals surface area contributed by atoms with Crippen LogP contribution in [0.2, 0.25) is 0 Å². The van der Waals surface area contributed by atoms with Gasteiger partial charge in [0, 0.05) is 25.2 Å². The molecule has 1 N–H and O–H groups in total. The lowest BCUT2D eigenvalue weighted by Crippen LogP contribution is -2.73. The summed E-state index contributed by atoms with van der Waals surface area (Å²) in [7, 11) is 1.63. The first-order valence-corrected chi connectivity index (χ1v) is 10.6. The van der Waals surface area contributed by atoms with Gasteiger partial charge in [0.15, 0.2) is 0 Å². The molecule has 2 aromatic rings. The van der Waals surface area contributed by atoms with Gasteiger partial charge in [-0.2, -0.15) is 0 Å². The highest BCUT2D eigenvalue weighted by Crippen LogP contribution is 2.29. The normalized spacial score (nSPS) is 20.0. The van der Waals surface area contributed by atoms with Gasteiger partial charge in [-0.25, -0.2) is 23.6 Å². The van der Waals surface area contributed by atoms with Gasteiger partial charge in [0.05, 0.1) is 19.1 Å². The van der Waals surface area contributed by atoms with Crippen molar-refractivity contribution in [3.8, 4) is 0 Å². The zero-order valence-electron chi connectivity index (χ0n) is 18.4. The predicted octanol–water partition coefficient (Wildman–Crippen LogP) is 2.09. The number of carbonyl (C=O) groups excluding carboxylic acids is 3. The fraction of sp³-hybridized carbons (Fsp3) is 0.348. The van der Waals surface area contributed by atoms with Crippen molar-refractivity contribution in [2.24, 2.45) is 0 Å². The lowest BCUT2D eigenvalue weighted by atomic mass is 10.0. The molecule has 0 radical (unpaired) electrons. The second-order valence-corrected chi connectivity index (χ2v) is 8.19. The Morgan fingerprint density at radius 3 is 2.52 bits per heavy atom. The number of nitrogens with zero attached hydrogens (tertiary/aromatic N) is 4. The number of benzene rings is 2. The maximum absolute atomic E-state index is 14.4. The zero-order valence-corrected chi connectivity index (χ0v) is 18.4. The van der Waals surface area contributed by atoms with Gasteiger partial charge < -0.3 is 15.1 Å². The molecule has 10 heteroatoms. The minimum atomic E-state index is -0.757. The molecule has 2 heterocycles. The van der Waals surface area contributed by atoms with Crippen molar-refractivity contribution >= 4 is 17.8 Å². The van der Waals surface area contributed by atoms with Crippen LogP contribution >= 0.6 is 0 Å². The highest BCUT2D eigenvalue weighted by Gasteiger charge is 2.46. The number of hydrazine groups is 1. The highest BCUT2D eigenvalue weighted by atomic mass is 19.1. The van der Waals surface area contributed by atoms with Crippen LogP contribution in [0.1, 0.15) is 24.1 Å². The number of piperazine rings is 1. The zero-order chi connectivity index (χ0) is 23.7. The van der Waals surface area contributed by atoms with Gasteiger partial charge in [-0.1, -0.05) is 36.4 Å². The second kappa shape index (κ2) is 9.14. The van der Waals surface area contributed by atoms with Crippen LogP contribution in [-0.4, -0.2) is 70.5 Å². The molecular formula is C23H25F2N5O3. The van der Waals surface area contributed by atoms with Gasteiger partial charge in [0.2, 0.25) is 11.8 Å². The molecule has 0 saturated carbocycles. The summed E-state index contributed by atoms with van der Waals surface area (Å²) in [5, 5.41) is 5.78. The molecule has 8 nitrogen and oxygen atoms in total. The lowest BCUT2D eigenvalue weighted by molar-refractivity contribution is -0.180. The number of hydrogen-bond donors (Lipinski definition) is 1. The smallest absolute Gasteiger partial charge is 0.333 e. The summed E-state index contributed by atoms with van der Waals surface area (Å²) in [6.45, 7) is 1.64. The minimum absolute atomic E-state index is 0.00828. The maximum Gasteiger partial charge on any atom is 0.334 e. The van der Waals surface area contributed by atoms with Gasteiger partial charge in [0.25, 0.3) is 0 Å². The fourth-order valence-electron chi connectivity index (χ4n) is 4.30. The fourth-order valence-corrected chi connectivity index (χ4v) is 4.30. The number of fused-ring (bicyclic) bond motifs is 1.